The molecule has 0 bridgehead atoms. The number of nitrogens with zero attached hydrogens (tertiary/aromatic N) is 1. The molecule has 0 aromatic carbocycles. The first-order chi connectivity index (χ1) is 8.08. The lowest BCUT2D eigenvalue weighted by Crippen LogP contribution is -2.49. The quantitative estimate of drug-likeness (QED) is 0.788. The fraction of sp³-hybridized carbons (Fsp3) is 0.917. The van der Waals surface area contributed by atoms with Crippen LogP contribution in [-0.2, 0) is 4.79 Å². The molecular formula is C12H23ClN2O2S. The van der Waals surface area contributed by atoms with Gasteiger partial charge in [0, 0.05) is 30.6 Å². The van der Waals surface area contributed by atoms with E-state index in [1.165, 1.54) is 0 Å². The number of β-amino-alcohol motifs (C(OH)–C–C–N with tert-alkyl or cyclic N) is 1. The molecule has 0 radical (unpaired) electrons. The molecule has 2 N–H and O–H groups in total. The summed E-state index contributed by atoms with van der Waals surface area (Å²) in [6, 6.07) is -0.166. The Kier molecular flexibility index (Phi) is 6.24. The van der Waals surface area contributed by atoms with Crippen molar-refractivity contribution in [3.63, 3.8) is 0 Å². The number of hydrogen-bond donors (Lipinski definition) is 2. The summed E-state index contributed by atoms with van der Waals surface area (Å²) in [4.78, 5) is 14.2. The van der Waals surface area contributed by atoms with Crippen LogP contribution < -0.4 is 5.32 Å². The van der Waals surface area contributed by atoms with Gasteiger partial charge >= 0.3 is 0 Å². The Bertz CT molecular complexity index is 291. The highest BCUT2D eigenvalue weighted by Crippen LogP contribution is 2.25. The lowest BCUT2D eigenvalue weighted by Gasteiger charge is -2.35. The molecule has 0 aliphatic carbocycles. The fourth-order valence-corrected chi connectivity index (χ4v) is 3.70. The number of aliphatic hydroxyl groups is 1. The summed E-state index contributed by atoms with van der Waals surface area (Å²) < 4.78 is 0. The predicted molar refractivity (Wildman–Crippen MR) is 77.3 cm³/mol. The van der Waals surface area contributed by atoms with Crippen LogP contribution in [-0.4, -0.2) is 58.7 Å². The minimum Gasteiger partial charge on any atom is -0.392 e. The van der Waals surface area contributed by atoms with Crippen molar-refractivity contribution in [2.75, 3.05) is 25.4 Å². The molecule has 2 aliphatic rings. The standard InChI is InChI=1S/C12H22N2O2S.ClH/c1-8(2)11-7-14(3-4-17-11)12(16)10-5-9(15)6-13-10;/h8-11,13,15H,3-7H2,1-2H3;1H. The van der Waals surface area contributed by atoms with Gasteiger partial charge in [0.15, 0.2) is 0 Å². The zero-order valence-electron chi connectivity index (χ0n) is 11.0. The average molecular weight is 295 g/mol. The van der Waals surface area contributed by atoms with Crippen molar-refractivity contribution in [1.29, 1.82) is 0 Å². The molecule has 18 heavy (non-hydrogen) atoms. The molecule has 3 atom stereocenters. The topological polar surface area (TPSA) is 52.6 Å². The number of carbonyl (C=O) groups excluding carboxylic acids is 1. The van der Waals surface area contributed by atoms with Crippen LogP contribution in [0.4, 0.5) is 0 Å². The Balaban J connectivity index is 0.00000162. The molecular weight excluding hydrogens is 272 g/mol. The first kappa shape index (κ1) is 16.1. The molecule has 2 aliphatic heterocycles. The number of amides is 1. The predicted octanol–water partition coefficient (Wildman–Crippen LogP) is 0.731. The SMILES string of the molecule is CC(C)C1CN(C(=O)C2CC(O)CN2)CCS1.Cl. The summed E-state index contributed by atoms with van der Waals surface area (Å²) in [5.74, 6) is 1.81. The number of hydrogen-bond acceptors (Lipinski definition) is 4. The summed E-state index contributed by atoms with van der Waals surface area (Å²) >= 11 is 1.97. The first-order valence-electron chi connectivity index (χ1n) is 6.39. The Morgan fingerprint density at radius 1 is 1.50 bits per heavy atom. The first-order valence-corrected chi connectivity index (χ1v) is 7.44. The van der Waals surface area contributed by atoms with Crippen LogP contribution in [0, 0.1) is 5.92 Å². The molecule has 4 nitrogen and oxygen atoms in total. The third kappa shape index (κ3) is 3.76. The van der Waals surface area contributed by atoms with Gasteiger partial charge in [-0.3, -0.25) is 4.79 Å². The molecule has 106 valence electrons. The van der Waals surface area contributed by atoms with Crippen molar-refractivity contribution < 1.29 is 9.90 Å². The maximum absolute atomic E-state index is 12.3. The molecule has 0 spiro atoms. The van der Waals surface area contributed by atoms with Gasteiger partial charge in [-0.25, -0.2) is 0 Å². The van der Waals surface area contributed by atoms with E-state index in [9.17, 15) is 9.90 Å². The molecule has 0 saturated carbocycles. The summed E-state index contributed by atoms with van der Waals surface area (Å²) in [6.07, 6.45) is 0.207. The van der Waals surface area contributed by atoms with Gasteiger partial charge in [-0.2, -0.15) is 11.8 Å². The number of rotatable bonds is 2. The van der Waals surface area contributed by atoms with Gasteiger partial charge in [0.1, 0.15) is 0 Å². The lowest BCUT2D eigenvalue weighted by molar-refractivity contribution is -0.133. The summed E-state index contributed by atoms with van der Waals surface area (Å²) in [5.41, 5.74) is 0. The summed E-state index contributed by atoms with van der Waals surface area (Å²) in [6.45, 7) is 6.68. The van der Waals surface area contributed by atoms with E-state index in [4.69, 9.17) is 0 Å². The van der Waals surface area contributed by atoms with E-state index in [0.717, 1.165) is 18.8 Å². The summed E-state index contributed by atoms with van der Waals surface area (Å²) in [7, 11) is 0. The molecule has 2 fully saturated rings. The zero-order chi connectivity index (χ0) is 12.4. The van der Waals surface area contributed by atoms with Gasteiger partial charge in [-0.1, -0.05) is 13.8 Å². The van der Waals surface area contributed by atoms with Crippen LogP contribution in [0.15, 0.2) is 0 Å². The van der Waals surface area contributed by atoms with Crippen LogP contribution in [0.2, 0.25) is 0 Å². The molecule has 2 rings (SSSR count). The van der Waals surface area contributed by atoms with E-state index < -0.39 is 0 Å². The van der Waals surface area contributed by atoms with Gasteiger partial charge in [-0.15, -0.1) is 12.4 Å². The largest absolute Gasteiger partial charge is 0.392 e. The number of nitrogens with one attached hydrogen (secondary N) is 1. The van der Waals surface area contributed by atoms with E-state index in [1.807, 2.05) is 16.7 Å². The van der Waals surface area contributed by atoms with Gasteiger partial charge in [0.25, 0.3) is 0 Å². The van der Waals surface area contributed by atoms with E-state index in [1.54, 1.807) is 0 Å². The van der Waals surface area contributed by atoms with E-state index in [0.29, 0.717) is 24.1 Å². The second-order valence-corrected chi connectivity index (χ2v) is 6.63. The highest BCUT2D eigenvalue weighted by atomic mass is 35.5. The van der Waals surface area contributed by atoms with Crippen LogP contribution in [0.3, 0.4) is 0 Å². The average Bonchev–Trinajstić information content (AvgIpc) is 2.75. The monoisotopic (exact) mass is 294 g/mol. The van der Waals surface area contributed by atoms with E-state index >= 15 is 0 Å². The van der Waals surface area contributed by atoms with Crippen LogP contribution in [0.5, 0.6) is 0 Å². The molecule has 3 unspecified atom stereocenters. The third-order valence-electron chi connectivity index (χ3n) is 3.55. The second-order valence-electron chi connectivity index (χ2n) is 5.29. The van der Waals surface area contributed by atoms with Crippen molar-refractivity contribution in [3.05, 3.63) is 0 Å². The van der Waals surface area contributed by atoms with Crippen molar-refractivity contribution in [3.8, 4) is 0 Å². The molecule has 1 amide bonds. The highest BCUT2D eigenvalue weighted by molar-refractivity contribution is 8.00. The van der Waals surface area contributed by atoms with Crippen molar-refractivity contribution in [2.45, 2.75) is 37.7 Å². The van der Waals surface area contributed by atoms with Gasteiger partial charge in [0.2, 0.25) is 5.91 Å². The van der Waals surface area contributed by atoms with Gasteiger partial charge < -0.3 is 15.3 Å². The van der Waals surface area contributed by atoms with Gasteiger partial charge in [0.05, 0.1) is 12.1 Å². The highest BCUT2D eigenvalue weighted by Gasteiger charge is 2.34. The van der Waals surface area contributed by atoms with Crippen molar-refractivity contribution in [2.24, 2.45) is 5.92 Å². The number of thioether (sulfide) groups is 1. The number of halogens is 1. The zero-order valence-corrected chi connectivity index (χ0v) is 12.6. The van der Waals surface area contributed by atoms with Crippen molar-refractivity contribution in [1.82, 2.24) is 10.2 Å². The molecule has 0 aromatic heterocycles. The second kappa shape index (κ2) is 6.98. The molecule has 0 aromatic rings. The van der Waals surface area contributed by atoms with Crippen molar-refractivity contribution >= 4 is 30.1 Å². The van der Waals surface area contributed by atoms with Crippen LogP contribution in [0.1, 0.15) is 20.3 Å². The van der Waals surface area contributed by atoms with Crippen LogP contribution in [0.25, 0.3) is 0 Å². The van der Waals surface area contributed by atoms with E-state index in [-0.39, 0.29) is 30.5 Å². The normalized spacial score (nSPS) is 32.4. The maximum atomic E-state index is 12.3. The lowest BCUT2D eigenvalue weighted by atomic mass is 10.1. The van der Waals surface area contributed by atoms with Crippen LogP contribution >= 0.6 is 24.2 Å². The third-order valence-corrected chi connectivity index (χ3v) is 5.09. The van der Waals surface area contributed by atoms with Gasteiger partial charge in [-0.05, 0) is 12.3 Å². The Morgan fingerprint density at radius 3 is 2.78 bits per heavy atom. The minimum atomic E-state index is -0.357. The molecule has 2 heterocycles. The molecule has 2 saturated heterocycles. The Hall–Kier alpha value is 0.0300. The smallest absolute Gasteiger partial charge is 0.239 e. The maximum Gasteiger partial charge on any atom is 0.239 e. The fourth-order valence-electron chi connectivity index (χ4n) is 2.40. The molecule has 6 heteroatoms. The summed E-state index contributed by atoms with van der Waals surface area (Å²) in [5, 5.41) is 13.1. The number of aliphatic hydroxyl groups excluding tert-OH is 1. The number of carbonyl (C=O) groups is 1. The Morgan fingerprint density at radius 2 is 2.22 bits per heavy atom. The Labute approximate surface area is 119 Å². The van der Waals surface area contributed by atoms with E-state index in [2.05, 4.69) is 19.2 Å². The minimum absolute atomic E-state index is 0.